The smallest absolute Gasteiger partial charge is 0.287 e. The second-order valence-corrected chi connectivity index (χ2v) is 6.20. The van der Waals surface area contributed by atoms with Crippen LogP contribution in [0.5, 0.6) is 5.75 Å². The number of hydrogen-bond donors (Lipinski definition) is 1. The summed E-state index contributed by atoms with van der Waals surface area (Å²) in [6, 6.07) is 15.2. The van der Waals surface area contributed by atoms with Gasteiger partial charge in [-0.15, -0.1) is 0 Å². The Balaban J connectivity index is 1.61. The molecule has 0 aliphatic rings. The van der Waals surface area contributed by atoms with Gasteiger partial charge in [-0.25, -0.2) is 4.98 Å². The van der Waals surface area contributed by atoms with Crippen LogP contribution in [0.1, 0.15) is 28.7 Å². The molecule has 3 aromatic rings. The number of imidazole rings is 1. The van der Waals surface area contributed by atoms with Crippen molar-refractivity contribution < 1.29 is 9.53 Å². The number of carbonyl (C=O) groups is 1. The van der Waals surface area contributed by atoms with Crippen LogP contribution in [0.3, 0.4) is 0 Å². The molecule has 26 heavy (non-hydrogen) atoms. The highest BCUT2D eigenvalue weighted by atomic mass is 35.5. The normalized spacial score (nSPS) is 10.5. The first-order chi connectivity index (χ1) is 12.7. The fourth-order valence-electron chi connectivity index (χ4n) is 2.56. The van der Waals surface area contributed by atoms with E-state index in [-0.39, 0.29) is 5.91 Å². The van der Waals surface area contributed by atoms with E-state index in [1.807, 2.05) is 60.0 Å². The van der Waals surface area contributed by atoms with Crippen molar-refractivity contribution in [3.8, 4) is 5.75 Å². The summed E-state index contributed by atoms with van der Waals surface area (Å²) in [5, 5.41) is 3.59. The van der Waals surface area contributed by atoms with Crippen molar-refractivity contribution in [2.45, 2.75) is 20.0 Å². The highest BCUT2D eigenvalue weighted by Crippen LogP contribution is 2.13. The van der Waals surface area contributed by atoms with E-state index in [9.17, 15) is 4.79 Å². The molecule has 0 atom stereocenters. The van der Waals surface area contributed by atoms with E-state index in [4.69, 9.17) is 16.3 Å². The van der Waals surface area contributed by atoms with Gasteiger partial charge in [-0.05, 0) is 42.3 Å². The Morgan fingerprint density at radius 3 is 2.50 bits per heavy atom. The summed E-state index contributed by atoms with van der Waals surface area (Å²) in [5.74, 6) is 0.991. The summed E-state index contributed by atoms with van der Waals surface area (Å²) in [6.45, 7) is 3.56. The van der Waals surface area contributed by atoms with Crippen LogP contribution < -0.4 is 10.1 Å². The average Bonchev–Trinajstić information content (AvgIpc) is 3.11. The zero-order valence-electron chi connectivity index (χ0n) is 14.5. The van der Waals surface area contributed by atoms with Gasteiger partial charge in [-0.3, -0.25) is 4.79 Å². The molecule has 3 rings (SSSR count). The van der Waals surface area contributed by atoms with Crippen LogP contribution in [0.15, 0.2) is 60.9 Å². The van der Waals surface area contributed by atoms with E-state index in [1.54, 1.807) is 12.4 Å². The Morgan fingerprint density at radius 1 is 1.12 bits per heavy atom. The first kappa shape index (κ1) is 18.0. The van der Waals surface area contributed by atoms with Gasteiger partial charge < -0.3 is 14.6 Å². The second kappa shape index (κ2) is 8.54. The summed E-state index contributed by atoms with van der Waals surface area (Å²) >= 11 is 5.91. The van der Waals surface area contributed by atoms with Gasteiger partial charge in [0.05, 0.1) is 6.61 Å². The van der Waals surface area contributed by atoms with Crippen LogP contribution in [0.2, 0.25) is 5.02 Å². The summed E-state index contributed by atoms with van der Waals surface area (Å²) in [5.41, 5.74) is 2.05. The lowest BCUT2D eigenvalue weighted by atomic mass is 10.2. The Bertz CT molecular complexity index is 858. The molecule has 0 radical (unpaired) electrons. The molecule has 0 aliphatic heterocycles. The van der Waals surface area contributed by atoms with Gasteiger partial charge >= 0.3 is 0 Å². The Morgan fingerprint density at radius 2 is 1.81 bits per heavy atom. The number of carbonyl (C=O) groups excluding carboxylic acids is 1. The summed E-state index contributed by atoms with van der Waals surface area (Å²) in [4.78, 5) is 16.7. The van der Waals surface area contributed by atoms with Crippen molar-refractivity contribution in [2.75, 3.05) is 6.61 Å². The molecule has 1 amide bonds. The number of rotatable bonds is 7. The van der Waals surface area contributed by atoms with Crippen molar-refractivity contribution in [3.05, 3.63) is 82.9 Å². The lowest BCUT2D eigenvalue weighted by molar-refractivity contribution is 0.0936. The minimum Gasteiger partial charge on any atom is -0.494 e. The Hall–Kier alpha value is -2.79. The number of amides is 1. The number of hydrogen-bond acceptors (Lipinski definition) is 3. The molecule has 134 valence electrons. The minimum absolute atomic E-state index is 0.210. The lowest BCUT2D eigenvalue weighted by Gasteiger charge is -2.09. The molecular weight excluding hydrogens is 350 g/mol. The van der Waals surface area contributed by atoms with E-state index >= 15 is 0 Å². The zero-order valence-corrected chi connectivity index (χ0v) is 15.2. The first-order valence-corrected chi connectivity index (χ1v) is 8.79. The van der Waals surface area contributed by atoms with Crippen LogP contribution in [-0.2, 0) is 13.1 Å². The van der Waals surface area contributed by atoms with Crippen LogP contribution in [0, 0.1) is 0 Å². The van der Waals surface area contributed by atoms with Crippen LogP contribution in [0.4, 0.5) is 0 Å². The lowest BCUT2D eigenvalue weighted by Crippen LogP contribution is -2.26. The van der Waals surface area contributed by atoms with E-state index in [0.29, 0.717) is 30.5 Å². The monoisotopic (exact) mass is 369 g/mol. The molecule has 6 heteroatoms. The number of nitrogens with one attached hydrogen (secondary N) is 1. The van der Waals surface area contributed by atoms with Gasteiger partial charge in [0.15, 0.2) is 5.82 Å². The standard InChI is InChI=1S/C20H20ClN3O2/c1-2-26-18-9-5-15(6-10-18)13-23-20(25)19-22-11-12-24(19)14-16-3-7-17(21)8-4-16/h3-12H,2,13-14H2,1H3,(H,23,25). The summed E-state index contributed by atoms with van der Waals surface area (Å²) in [7, 11) is 0. The molecule has 1 N–H and O–H groups in total. The molecule has 5 nitrogen and oxygen atoms in total. The zero-order chi connectivity index (χ0) is 18.4. The molecule has 2 aromatic carbocycles. The number of halogens is 1. The number of ether oxygens (including phenoxy) is 1. The molecule has 0 spiro atoms. The molecule has 0 bridgehead atoms. The van der Waals surface area contributed by atoms with E-state index < -0.39 is 0 Å². The fraction of sp³-hybridized carbons (Fsp3) is 0.200. The van der Waals surface area contributed by atoms with Crippen molar-refractivity contribution in [1.29, 1.82) is 0 Å². The molecule has 0 saturated carbocycles. The van der Waals surface area contributed by atoms with Gasteiger partial charge in [0, 0.05) is 30.5 Å². The molecule has 0 fully saturated rings. The van der Waals surface area contributed by atoms with Crippen molar-refractivity contribution in [1.82, 2.24) is 14.9 Å². The highest BCUT2D eigenvalue weighted by Gasteiger charge is 2.12. The Labute approximate surface area is 157 Å². The van der Waals surface area contributed by atoms with Gasteiger partial charge in [0.1, 0.15) is 5.75 Å². The van der Waals surface area contributed by atoms with E-state index in [0.717, 1.165) is 16.9 Å². The molecule has 0 aliphatic carbocycles. The van der Waals surface area contributed by atoms with Gasteiger partial charge in [-0.2, -0.15) is 0 Å². The third-order valence-corrected chi connectivity index (χ3v) is 4.12. The van der Waals surface area contributed by atoms with Crippen LogP contribution in [0.25, 0.3) is 0 Å². The number of aromatic nitrogens is 2. The molecule has 1 aromatic heterocycles. The van der Waals surface area contributed by atoms with Crippen molar-refractivity contribution >= 4 is 17.5 Å². The largest absolute Gasteiger partial charge is 0.494 e. The maximum Gasteiger partial charge on any atom is 0.287 e. The quantitative estimate of drug-likeness (QED) is 0.686. The van der Waals surface area contributed by atoms with E-state index in [1.165, 1.54) is 0 Å². The highest BCUT2D eigenvalue weighted by molar-refractivity contribution is 6.30. The number of nitrogens with zero attached hydrogens (tertiary/aromatic N) is 2. The van der Waals surface area contributed by atoms with Gasteiger partial charge in [0.2, 0.25) is 0 Å². The first-order valence-electron chi connectivity index (χ1n) is 8.41. The minimum atomic E-state index is -0.210. The third-order valence-electron chi connectivity index (χ3n) is 3.87. The summed E-state index contributed by atoms with van der Waals surface area (Å²) in [6.07, 6.45) is 3.42. The maximum atomic E-state index is 12.5. The maximum absolute atomic E-state index is 12.5. The van der Waals surface area contributed by atoms with Gasteiger partial charge in [0.25, 0.3) is 5.91 Å². The van der Waals surface area contributed by atoms with Crippen molar-refractivity contribution in [3.63, 3.8) is 0 Å². The predicted octanol–water partition coefficient (Wildman–Crippen LogP) is 3.91. The number of benzene rings is 2. The fourth-order valence-corrected chi connectivity index (χ4v) is 2.69. The van der Waals surface area contributed by atoms with Gasteiger partial charge in [-0.1, -0.05) is 35.9 Å². The topological polar surface area (TPSA) is 56.1 Å². The van der Waals surface area contributed by atoms with E-state index in [2.05, 4.69) is 10.3 Å². The molecule has 0 saturated heterocycles. The average molecular weight is 370 g/mol. The SMILES string of the molecule is CCOc1ccc(CNC(=O)c2nccn2Cc2ccc(Cl)cc2)cc1. The third kappa shape index (κ3) is 4.64. The predicted molar refractivity (Wildman–Crippen MR) is 102 cm³/mol. The molecule has 1 heterocycles. The van der Waals surface area contributed by atoms with Crippen molar-refractivity contribution in [2.24, 2.45) is 0 Å². The molecule has 0 unspecified atom stereocenters. The molecular formula is C20H20ClN3O2. The Kier molecular flexibility index (Phi) is 5.92. The van der Waals surface area contributed by atoms with Crippen LogP contribution >= 0.6 is 11.6 Å². The second-order valence-electron chi connectivity index (χ2n) is 5.76. The van der Waals surface area contributed by atoms with Crippen LogP contribution in [-0.4, -0.2) is 22.1 Å². The summed E-state index contributed by atoms with van der Waals surface area (Å²) < 4.78 is 7.23.